The molecular weight excluding hydrogens is 222 g/mol. The van der Waals surface area contributed by atoms with Crippen LogP contribution in [0.1, 0.15) is 23.2 Å². The van der Waals surface area contributed by atoms with Crippen molar-refractivity contribution in [1.29, 1.82) is 0 Å². The van der Waals surface area contributed by atoms with Crippen molar-refractivity contribution in [3.05, 3.63) is 33.9 Å². The Morgan fingerprint density at radius 2 is 2.18 bits per heavy atom. The lowest BCUT2D eigenvalue weighted by Crippen LogP contribution is -2.29. The van der Waals surface area contributed by atoms with Crippen LogP contribution in [-0.4, -0.2) is 28.8 Å². The summed E-state index contributed by atoms with van der Waals surface area (Å²) in [4.78, 5) is 23.9. The van der Waals surface area contributed by atoms with Crippen LogP contribution in [0.5, 0.6) is 0 Å². The predicted molar refractivity (Wildman–Crippen MR) is 62.6 cm³/mol. The second-order valence-electron chi connectivity index (χ2n) is 4.18. The molecule has 0 atom stereocenters. The van der Waals surface area contributed by atoms with Gasteiger partial charge < -0.3 is 10.6 Å². The highest BCUT2D eigenvalue weighted by atomic mass is 16.6. The maximum Gasteiger partial charge on any atom is 0.282 e. The summed E-state index contributed by atoms with van der Waals surface area (Å²) in [5.41, 5.74) is 5.78. The highest BCUT2D eigenvalue weighted by molar-refractivity contribution is 5.99. The van der Waals surface area contributed by atoms with Gasteiger partial charge in [0, 0.05) is 24.8 Å². The summed E-state index contributed by atoms with van der Waals surface area (Å²) < 4.78 is 0. The molecule has 0 saturated heterocycles. The van der Waals surface area contributed by atoms with Crippen molar-refractivity contribution in [1.82, 2.24) is 4.90 Å². The summed E-state index contributed by atoms with van der Waals surface area (Å²) in [5, 5.41) is 10.8. The van der Waals surface area contributed by atoms with E-state index in [1.165, 1.54) is 18.2 Å². The molecule has 2 N–H and O–H groups in total. The van der Waals surface area contributed by atoms with Gasteiger partial charge in [0.2, 0.25) is 0 Å². The number of nitrogen functional groups attached to an aromatic ring is 1. The van der Waals surface area contributed by atoms with E-state index in [1.807, 2.05) is 0 Å². The number of benzene rings is 1. The second-order valence-corrected chi connectivity index (χ2v) is 4.18. The Morgan fingerprint density at radius 1 is 1.53 bits per heavy atom. The van der Waals surface area contributed by atoms with Gasteiger partial charge in [-0.3, -0.25) is 14.9 Å². The number of rotatable bonds is 3. The molecule has 0 aromatic heterocycles. The maximum atomic E-state index is 12.1. The Bertz CT molecular complexity index is 483. The first-order valence-electron chi connectivity index (χ1n) is 5.32. The monoisotopic (exact) mass is 235 g/mol. The molecule has 0 radical (unpaired) electrons. The van der Waals surface area contributed by atoms with Crippen molar-refractivity contribution in [3.63, 3.8) is 0 Å². The van der Waals surface area contributed by atoms with Crippen LogP contribution in [0.25, 0.3) is 0 Å². The van der Waals surface area contributed by atoms with Gasteiger partial charge in [-0.25, -0.2) is 0 Å². The predicted octanol–water partition coefficient (Wildman–Crippen LogP) is 1.41. The Balaban J connectivity index is 2.38. The number of hydrogen-bond donors (Lipinski definition) is 1. The van der Waals surface area contributed by atoms with Crippen LogP contribution in [0.3, 0.4) is 0 Å². The van der Waals surface area contributed by atoms with E-state index in [-0.39, 0.29) is 23.2 Å². The summed E-state index contributed by atoms with van der Waals surface area (Å²) in [6, 6.07) is 4.26. The van der Waals surface area contributed by atoms with E-state index in [4.69, 9.17) is 5.73 Å². The fourth-order valence-electron chi connectivity index (χ4n) is 1.70. The van der Waals surface area contributed by atoms with E-state index < -0.39 is 4.92 Å². The largest absolute Gasteiger partial charge is 0.399 e. The Hall–Kier alpha value is -2.11. The average Bonchev–Trinajstić information content (AvgIpc) is 3.10. The van der Waals surface area contributed by atoms with Crippen molar-refractivity contribution < 1.29 is 9.72 Å². The molecule has 6 nitrogen and oxygen atoms in total. The van der Waals surface area contributed by atoms with Crippen LogP contribution in [0.4, 0.5) is 11.4 Å². The SMILES string of the molecule is CN(C(=O)c1cc(N)ccc1[N+](=O)[O-])C1CC1. The third kappa shape index (κ3) is 2.20. The van der Waals surface area contributed by atoms with E-state index in [2.05, 4.69) is 0 Å². The van der Waals surface area contributed by atoms with Crippen molar-refractivity contribution in [2.24, 2.45) is 0 Å². The molecule has 0 heterocycles. The number of nitro groups is 1. The van der Waals surface area contributed by atoms with E-state index in [1.54, 1.807) is 11.9 Å². The zero-order valence-corrected chi connectivity index (χ0v) is 9.42. The Kier molecular flexibility index (Phi) is 2.71. The fraction of sp³-hybridized carbons (Fsp3) is 0.364. The molecule has 2 rings (SSSR count). The van der Waals surface area contributed by atoms with Gasteiger partial charge in [-0.05, 0) is 25.0 Å². The number of nitro benzene ring substituents is 1. The number of carbonyl (C=O) groups is 1. The molecule has 1 fully saturated rings. The lowest BCUT2D eigenvalue weighted by Gasteiger charge is -2.16. The van der Waals surface area contributed by atoms with Crippen LogP contribution in [0.2, 0.25) is 0 Å². The number of amides is 1. The molecule has 1 aromatic carbocycles. The van der Waals surface area contributed by atoms with Crippen LogP contribution in [-0.2, 0) is 0 Å². The summed E-state index contributed by atoms with van der Waals surface area (Å²) in [7, 11) is 1.66. The number of nitrogens with two attached hydrogens (primary N) is 1. The van der Waals surface area contributed by atoms with E-state index >= 15 is 0 Å². The molecule has 6 heteroatoms. The number of hydrogen-bond acceptors (Lipinski definition) is 4. The molecule has 0 bridgehead atoms. The lowest BCUT2D eigenvalue weighted by atomic mass is 10.1. The van der Waals surface area contributed by atoms with Crippen molar-refractivity contribution in [3.8, 4) is 0 Å². The molecule has 90 valence electrons. The summed E-state index contributed by atoms with van der Waals surface area (Å²) >= 11 is 0. The highest BCUT2D eigenvalue weighted by Crippen LogP contribution is 2.29. The molecular formula is C11H13N3O3. The van der Waals surface area contributed by atoms with Gasteiger partial charge in [-0.1, -0.05) is 0 Å². The van der Waals surface area contributed by atoms with Crippen molar-refractivity contribution in [2.45, 2.75) is 18.9 Å². The van der Waals surface area contributed by atoms with Crippen LogP contribution >= 0.6 is 0 Å². The highest BCUT2D eigenvalue weighted by Gasteiger charge is 2.32. The first-order chi connectivity index (χ1) is 8.00. The van der Waals surface area contributed by atoms with Crippen LogP contribution < -0.4 is 5.73 Å². The normalized spacial score (nSPS) is 14.4. The Morgan fingerprint density at radius 3 is 2.71 bits per heavy atom. The van der Waals surface area contributed by atoms with E-state index in [0.717, 1.165) is 12.8 Å². The minimum atomic E-state index is -0.562. The smallest absolute Gasteiger partial charge is 0.282 e. The van der Waals surface area contributed by atoms with E-state index in [0.29, 0.717) is 5.69 Å². The third-order valence-electron chi connectivity index (χ3n) is 2.86. The third-order valence-corrected chi connectivity index (χ3v) is 2.86. The second kappa shape index (κ2) is 4.04. The van der Waals surface area contributed by atoms with Gasteiger partial charge in [0.25, 0.3) is 11.6 Å². The molecule has 0 spiro atoms. The van der Waals surface area contributed by atoms with E-state index in [9.17, 15) is 14.9 Å². The summed E-state index contributed by atoms with van der Waals surface area (Å²) in [6.45, 7) is 0. The number of nitrogens with zero attached hydrogens (tertiary/aromatic N) is 2. The van der Waals surface area contributed by atoms with Gasteiger partial charge in [0.05, 0.1) is 4.92 Å². The molecule has 1 saturated carbocycles. The quantitative estimate of drug-likeness (QED) is 0.487. The van der Waals surface area contributed by atoms with Gasteiger partial charge in [0.15, 0.2) is 0 Å². The lowest BCUT2D eigenvalue weighted by molar-refractivity contribution is -0.385. The van der Waals surface area contributed by atoms with Gasteiger partial charge >= 0.3 is 0 Å². The van der Waals surface area contributed by atoms with Gasteiger partial charge in [-0.2, -0.15) is 0 Å². The fourth-order valence-corrected chi connectivity index (χ4v) is 1.70. The molecule has 0 unspecified atom stereocenters. The van der Waals surface area contributed by atoms with Crippen LogP contribution in [0.15, 0.2) is 18.2 Å². The topological polar surface area (TPSA) is 89.5 Å². The van der Waals surface area contributed by atoms with Gasteiger partial charge in [-0.15, -0.1) is 0 Å². The maximum absolute atomic E-state index is 12.1. The Labute approximate surface area is 98.2 Å². The van der Waals surface area contributed by atoms with Crippen molar-refractivity contribution in [2.75, 3.05) is 12.8 Å². The first-order valence-corrected chi connectivity index (χ1v) is 5.32. The standard InChI is InChI=1S/C11H13N3O3/c1-13(8-3-4-8)11(15)9-6-7(12)2-5-10(9)14(16)17/h2,5-6,8H,3-4,12H2,1H3. The zero-order valence-electron chi connectivity index (χ0n) is 9.42. The average molecular weight is 235 g/mol. The summed E-state index contributed by atoms with van der Waals surface area (Å²) in [5.74, 6) is -0.341. The summed E-state index contributed by atoms with van der Waals surface area (Å²) in [6.07, 6.45) is 1.91. The molecule has 17 heavy (non-hydrogen) atoms. The molecule has 1 aromatic rings. The first kappa shape index (κ1) is 11.4. The molecule has 1 aliphatic carbocycles. The zero-order chi connectivity index (χ0) is 12.6. The molecule has 0 aliphatic heterocycles. The molecule has 1 amide bonds. The van der Waals surface area contributed by atoms with Gasteiger partial charge in [0.1, 0.15) is 5.56 Å². The number of carbonyl (C=O) groups excluding carboxylic acids is 1. The minimum absolute atomic E-state index is 0.0596. The van der Waals surface area contributed by atoms with Crippen LogP contribution in [0, 0.1) is 10.1 Å². The van der Waals surface area contributed by atoms with Crippen molar-refractivity contribution >= 4 is 17.3 Å². The number of anilines is 1. The molecule has 1 aliphatic rings. The minimum Gasteiger partial charge on any atom is -0.399 e.